The first-order chi connectivity index (χ1) is 15.7. The number of hydrogen-bond acceptors (Lipinski definition) is 6. The maximum Gasteiger partial charge on any atom is 0.161 e. The van der Waals surface area contributed by atoms with Crippen molar-refractivity contribution < 1.29 is 9.50 Å². The zero-order chi connectivity index (χ0) is 23.4. The Kier molecular flexibility index (Phi) is 5.43. The number of fused-ring (bicyclic) bond motifs is 2. The van der Waals surface area contributed by atoms with Crippen LogP contribution in [0.4, 0.5) is 21.6 Å². The monoisotopic (exact) mass is 471 g/mol. The molecule has 0 spiro atoms. The van der Waals surface area contributed by atoms with Crippen molar-refractivity contribution in [2.24, 2.45) is 14.1 Å². The summed E-state index contributed by atoms with van der Waals surface area (Å²) < 4.78 is 18.3. The molecule has 0 unspecified atom stereocenters. The number of benzene rings is 2. The lowest BCUT2D eigenvalue weighted by atomic mass is 10.1. The van der Waals surface area contributed by atoms with E-state index in [1.54, 1.807) is 28.7 Å². The minimum atomic E-state index is -0.548. The molecule has 2 aromatic heterocycles. The molecule has 174 valence electrons. The van der Waals surface area contributed by atoms with Crippen LogP contribution in [0.15, 0.2) is 24.4 Å². The predicted molar refractivity (Wildman–Crippen MR) is 130 cm³/mol. The number of piperazine rings is 1. The highest BCUT2D eigenvalue weighted by Crippen LogP contribution is 2.37. The van der Waals surface area contributed by atoms with Crippen LogP contribution in [-0.2, 0) is 20.7 Å². The number of halogens is 2. The molecule has 33 heavy (non-hydrogen) atoms. The van der Waals surface area contributed by atoms with Crippen LogP contribution in [0.3, 0.4) is 0 Å². The first-order valence-electron chi connectivity index (χ1n) is 10.9. The maximum atomic E-state index is 15.0. The zero-order valence-electron chi connectivity index (χ0n) is 19.0. The van der Waals surface area contributed by atoms with Gasteiger partial charge in [-0.3, -0.25) is 9.36 Å². The number of nitrogens with one attached hydrogen (secondary N) is 2. The summed E-state index contributed by atoms with van der Waals surface area (Å²) in [5, 5.41) is 27.3. The fraction of sp³-hybridized carbons (Fsp3) is 0.391. The quantitative estimate of drug-likeness (QED) is 0.421. The third kappa shape index (κ3) is 3.80. The molecule has 8 nitrogen and oxygen atoms in total. The molecule has 1 fully saturated rings. The first kappa shape index (κ1) is 21.9. The van der Waals surface area contributed by atoms with E-state index in [1.165, 1.54) is 0 Å². The molecule has 1 aliphatic rings. The van der Waals surface area contributed by atoms with E-state index < -0.39 is 12.4 Å². The number of aliphatic hydroxyl groups excluding tert-OH is 1. The summed E-state index contributed by atoms with van der Waals surface area (Å²) in [7, 11) is 3.59. The van der Waals surface area contributed by atoms with Gasteiger partial charge in [-0.05, 0) is 32.0 Å². The largest absolute Gasteiger partial charge is 0.391 e. The Hall–Kier alpha value is -2.88. The molecule has 0 bridgehead atoms. The summed E-state index contributed by atoms with van der Waals surface area (Å²) in [6, 6.07) is 6.56. The van der Waals surface area contributed by atoms with Gasteiger partial charge in [0.15, 0.2) is 11.6 Å². The SMILES string of the molecule is C[C@H]1CN(c2cc(Cl)c3c(Nc4cc5cn(C)nc5c(F)c4CO)nn(C)c3c2)C[C@H](C)N1. The van der Waals surface area contributed by atoms with Gasteiger partial charge in [-0.25, -0.2) is 4.39 Å². The number of hydrogen-bond donors (Lipinski definition) is 3. The van der Waals surface area contributed by atoms with Crippen LogP contribution in [0, 0.1) is 5.82 Å². The van der Waals surface area contributed by atoms with E-state index in [2.05, 4.69) is 45.6 Å². The highest BCUT2D eigenvalue weighted by atomic mass is 35.5. The molecule has 0 aliphatic carbocycles. The molecule has 5 rings (SSSR count). The summed E-state index contributed by atoms with van der Waals surface area (Å²) in [6.07, 6.45) is 1.73. The molecule has 3 N–H and O–H groups in total. The van der Waals surface area contributed by atoms with Crippen LogP contribution in [0.2, 0.25) is 5.02 Å². The van der Waals surface area contributed by atoms with E-state index in [-0.39, 0.29) is 11.1 Å². The Labute approximate surface area is 195 Å². The van der Waals surface area contributed by atoms with Crippen LogP contribution in [0.25, 0.3) is 21.8 Å². The van der Waals surface area contributed by atoms with Crippen molar-refractivity contribution in [3.63, 3.8) is 0 Å². The summed E-state index contributed by atoms with van der Waals surface area (Å²) in [6.45, 7) is 5.65. The number of nitrogens with zero attached hydrogens (tertiary/aromatic N) is 5. The number of aromatic nitrogens is 4. The summed E-state index contributed by atoms with van der Waals surface area (Å²) >= 11 is 6.77. The highest BCUT2D eigenvalue weighted by molar-refractivity contribution is 6.37. The topological polar surface area (TPSA) is 83.2 Å². The van der Waals surface area contributed by atoms with E-state index >= 15 is 4.39 Å². The number of aliphatic hydroxyl groups is 1. The second-order valence-corrected chi connectivity index (χ2v) is 9.32. The second-order valence-electron chi connectivity index (χ2n) is 8.91. The van der Waals surface area contributed by atoms with Gasteiger partial charge in [-0.1, -0.05) is 11.6 Å². The van der Waals surface area contributed by atoms with Gasteiger partial charge in [0.05, 0.1) is 22.5 Å². The van der Waals surface area contributed by atoms with Crippen molar-refractivity contribution in [2.75, 3.05) is 23.3 Å². The molecule has 4 aromatic rings. The van der Waals surface area contributed by atoms with E-state index in [9.17, 15) is 5.11 Å². The lowest BCUT2D eigenvalue weighted by molar-refractivity contribution is 0.277. The van der Waals surface area contributed by atoms with Crippen molar-refractivity contribution >= 4 is 50.6 Å². The Morgan fingerprint density at radius 3 is 2.61 bits per heavy atom. The minimum absolute atomic E-state index is 0.136. The minimum Gasteiger partial charge on any atom is -0.391 e. The van der Waals surface area contributed by atoms with E-state index in [1.807, 2.05) is 13.1 Å². The number of anilines is 3. The molecular formula is C23H27ClFN7O. The van der Waals surface area contributed by atoms with E-state index in [0.29, 0.717) is 34.0 Å². The van der Waals surface area contributed by atoms with E-state index in [0.717, 1.165) is 29.7 Å². The lowest BCUT2D eigenvalue weighted by Gasteiger charge is -2.37. The fourth-order valence-corrected chi connectivity index (χ4v) is 5.11. The molecule has 1 saturated heterocycles. The first-order valence-corrected chi connectivity index (χ1v) is 11.3. The van der Waals surface area contributed by atoms with Gasteiger partial charge in [0, 0.05) is 67.8 Å². The molecule has 3 heterocycles. The number of rotatable bonds is 4. The Morgan fingerprint density at radius 2 is 1.91 bits per heavy atom. The molecule has 10 heteroatoms. The standard InChI is InChI=1S/C23H27ClFN7O/c1-12-8-32(9-13(2)26-12)15-6-17(24)20-19(7-15)31(4)29-23(20)27-18-5-14-10-30(3)28-22(14)21(25)16(18)11-33/h5-7,10,12-13,26,33H,8-9,11H2,1-4H3,(H,27,29)/t12-,13-/m0/s1. The third-order valence-electron chi connectivity index (χ3n) is 6.18. The molecule has 0 amide bonds. The Morgan fingerprint density at radius 1 is 1.18 bits per heavy atom. The van der Waals surface area contributed by atoms with Gasteiger partial charge >= 0.3 is 0 Å². The van der Waals surface area contributed by atoms with Crippen molar-refractivity contribution in [3.05, 3.63) is 40.8 Å². The van der Waals surface area contributed by atoms with Crippen LogP contribution >= 0.6 is 11.6 Å². The zero-order valence-corrected chi connectivity index (χ0v) is 19.8. The van der Waals surface area contributed by atoms with Gasteiger partial charge in [-0.15, -0.1) is 0 Å². The van der Waals surface area contributed by atoms with E-state index in [4.69, 9.17) is 11.6 Å². The average molecular weight is 472 g/mol. The van der Waals surface area contributed by atoms with Gasteiger partial charge in [0.2, 0.25) is 0 Å². The van der Waals surface area contributed by atoms with Crippen molar-refractivity contribution in [2.45, 2.75) is 32.5 Å². The van der Waals surface area contributed by atoms with Crippen LogP contribution in [0.1, 0.15) is 19.4 Å². The van der Waals surface area contributed by atoms with Crippen molar-refractivity contribution in [1.82, 2.24) is 24.9 Å². The fourth-order valence-electron chi connectivity index (χ4n) is 4.81. The van der Waals surface area contributed by atoms with Crippen molar-refractivity contribution in [1.29, 1.82) is 0 Å². The van der Waals surface area contributed by atoms with Crippen molar-refractivity contribution in [3.8, 4) is 0 Å². The van der Waals surface area contributed by atoms with Gasteiger partial charge in [-0.2, -0.15) is 10.2 Å². The smallest absolute Gasteiger partial charge is 0.161 e. The number of aryl methyl sites for hydroxylation is 2. The Balaban J connectivity index is 1.58. The van der Waals surface area contributed by atoms with Crippen LogP contribution in [0.5, 0.6) is 0 Å². The van der Waals surface area contributed by atoms with Gasteiger partial charge < -0.3 is 20.6 Å². The third-order valence-corrected chi connectivity index (χ3v) is 6.48. The molecule has 0 radical (unpaired) electrons. The summed E-state index contributed by atoms with van der Waals surface area (Å²) in [4.78, 5) is 2.33. The lowest BCUT2D eigenvalue weighted by Crippen LogP contribution is -2.54. The second kappa shape index (κ2) is 8.16. The van der Waals surface area contributed by atoms with Gasteiger partial charge in [0.1, 0.15) is 5.52 Å². The summed E-state index contributed by atoms with van der Waals surface area (Å²) in [5.41, 5.74) is 2.70. The molecule has 0 saturated carbocycles. The maximum absolute atomic E-state index is 15.0. The van der Waals surface area contributed by atoms with Gasteiger partial charge in [0.25, 0.3) is 0 Å². The van der Waals surface area contributed by atoms with Crippen LogP contribution in [-0.4, -0.2) is 49.8 Å². The molecule has 1 aliphatic heterocycles. The predicted octanol–water partition coefficient (Wildman–Crippen LogP) is 3.68. The molecule has 2 aromatic carbocycles. The molecule has 2 atom stereocenters. The highest BCUT2D eigenvalue weighted by Gasteiger charge is 2.24. The average Bonchev–Trinajstić information content (AvgIpc) is 3.27. The normalized spacial score (nSPS) is 19.1. The Bertz CT molecular complexity index is 1350. The summed E-state index contributed by atoms with van der Waals surface area (Å²) in [5.74, 6) is -0.0443. The van der Waals surface area contributed by atoms with Crippen LogP contribution < -0.4 is 15.5 Å². The molecular weight excluding hydrogens is 445 g/mol.